The molecule has 13 heavy (non-hydrogen) atoms. The van der Waals surface area contributed by atoms with Crippen LogP contribution in [-0.2, 0) is 4.74 Å². The molecule has 3 fully saturated rings. The fourth-order valence-corrected chi connectivity index (χ4v) is 3.79. The summed E-state index contributed by atoms with van der Waals surface area (Å²) in [6.45, 7) is 3.23. The van der Waals surface area contributed by atoms with Gasteiger partial charge in [-0.25, -0.2) is 0 Å². The quantitative estimate of drug-likeness (QED) is 0.518. The Balaban J connectivity index is 1.87. The summed E-state index contributed by atoms with van der Waals surface area (Å²) in [6, 6.07) is 0. The Bertz CT molecular complexity index is 244. The van der Waals surface area contributed by atoms with Gasteiger partial charge in [-0.1, -0.05) is 11.6 Å². The molecule has 1 saturated heterocycles. The normalized spacial score (nSPS) is 51.3. The molecule has 0 radical (unpaired) electrons. The Kier molecular flexibility index (Phi) is 1.76. The summed E-state index contributed by atoms with van der Waals surface area (Å²) < 4.78 is 5.90. The van der Waals surface area contributed by atoms with E-state index in [-0.39, 0.29) is 0 Å². The highest BCUT2D eigenvalue weighted by Gasteiger charge is 2.51. The number of rotatable bonds is 0. The van der Waals surface area contributed by atoms with Gasteiger partial charge in [-0.05, 0) is 50.4 Å². The van der Waals surface area contributed by atoms with Gasteiger partial charge in [-0.15, -0.1) is 0 Å². The van der Waals surface area contributed by atoms with Gasteiger partial charge in [-0.3, -0.25) is 0 Å². The van der Waals surface area contributed by atoms with E-state index in [0.717, 1.165) is 24.4 Å². The van der Waals surface area contributed by atoms with E-state index < -0.39 is 0 Å². The first-order valence-corrected chi connectivity index (χ1v) is 5.67. The highest BCUT2D eigenvalue weighted by atomic mass is 16.5. The van der Waals surface area contributed by atoms with Crippen molar-refractivity contribution >= 4 is 0 Å². The molecule has 2 bridgehead atoms. The zero-order valence-corrected chi connectivity index (χ0v) is 8.33. The Morgan fingerprint density at radius 2 is 2.38 bits per heavy atom. The molecular weight excluding hydrogens is 160 g/mol. The lowest BCUT2D eigenvalue weighted by atomic mass is 9.79. The summed E-state index contributed by atoms with van der Waals surface area (Å²) in [4.78, 5) is 0. The molecule has 1 aliphatic heterocycles. The lowest BCUT2D eigenvalue weighted by Crippen LogP contribution is -2.35. The maximum Gasteiger partial charge on any atom is 0.0640 e. The van der Waals surface area contributed by atoms with Crippen LogP contribution in [0, 0.1) is 17.8 Å². The van der Waals surface area contributed by atoms with Crippen LogP contribution in [0.5, 0.6) is 0 Å². The molecule has 2 unspecified atom stereocenters. The van der Waals surface area contributed by atoms with E-state index in [1.807, 2.05) is 0 Å². The summed E-state index contributed by atoms with van der Waals surface area (Å²) in [5, 5.41) is 0. The SMILES string of the molecule is C/C=C1\CC2CC1[C@H]1CCCO[C@@H]21. The number of hydrogen-bond donors (Lipinski definition) is 0. The van der Waals surface area contributed by atoms with Crippen LogP contribution in [-0.4, -0.2) is 12.7 Å². The van der Waals surface area contributed by atoms with Crippen molar-refractivity contribution < 1.29 is 4.74 Å². The van der Waals surface area contributed by atoms with Gasteiger partial charge >= 0.3 is 0 Å². The Morgan fingerprint density at radius 1 is 1.46 bits per heavy atom. The molecule has 0 spiro atoms. The van der Waals surface area contributed by atoms with Gasteiger partial charge in [0.25, 0.3) is 0 Å². The molecule has 0 aromatic heterocycles. The van der Waals surface area contributed by atoms with E-state index in [0.29, 0.717) is 6.10 Å². The van der Waals surface area contributed by atoms with Crippen molar-refractivity contribution in [2.75, 3.05) is 6.61 Å². The Morgan fingerprint density at radius 3 is 3.23 bits per heavy atom. The molecule has 1 nitrogen and oxygen atoms in total. The second-order valence-corrected chi connectivity index (χ2v) is 4.81. The first-order valence-electron chi connectivity index (χ1n) is 5.67. The summed E-state index contributed by atoms with van der Waals surface area (Å²) in [7, 11) is 0. The summed E-state index contributed by atoms with van der Waals surface area (Å²) in [5.74, 6) is 2.67. The maximum absolute atomic E-state index is 5.90. The van der Waals surface area contributed by atoms with Gasteiger partial charge in [0.1, 0.15) is 0 Å². The minimum Gasteiger partial charge on any atom is -0.378 e. The molecule has 1 heteroatoms. The van der Waals surface area contributed by atoms with Crippen LogP contribution in [0.15, 0.2) is 11.6 Å². The van der Waals surface area contributed by atoms with Crippen molar-refractivity contribution in [2.24, 2.45) is 17.8 Å². The topological polar surface area (TPSA) is 9.23 Å². The molecule has 0 N–H and O–H groups in total. The van der Waals surface area contributed by atoms with Crippen molar-refractivity contribution in [2.45, 2.75) is 38.7 Å². The van der Waals surface area contributed by atoms with E-state index in [1.54, 1.807) is 5.57 Å². The molecule has 2 saturated carbocycles. The van der Waals surface area contributed by atoms with Crippen molar-refractivity contribution in [3.05, 3.63) is 11.6 Å². The second-order valence-electron chi connectivity index (χ2n) is 4.81. The van der Waals surface area contributed by atoms with Gasteiger partial charge in [0.15, 0.2) is 0 Å². The molecule has 72 valence electrons. The zero-order chi connectivity index (χ0) is 8.84. The lowest BCUT2D eigenvalue weighted by molar-refractivity contribution is -0.0458. The van der Waals surface area contributed by atoms with Crippen molar-refractivity contribution in [1.29, 1.82) is 0 Å². The van der Waals surface area contributed by atoms with Crippen molar-refractivity contribution in [3.63, 3.8) is 0 Å². The van der Waals surface area contributed by atoms with Crippen LogP contribution >= 0.6 is 0 Å². The van der Waals surface area contributed by atoms with Gasteiger partial charge in [0, 0.05) is 6.61 Å². The third kappa shape index (κ3) is 1.03. The number of allylic oxidation sites excluding steroid dienone is 2. The van der Waals surface area contributed by atoms with Crippen LogP contribution in [0.25, 0.3) is 0 Å². The maximum atomic E-state index is 5.90. The molecule has 0 amide bonds. The smallest absolute Gasteiger partial charge is 0.0640 e. The zero-order valence-electron chi connectivity index (χ0n) is 8.33. The van der Waals surface area contributed by atoms with Crippen LogP contribution in [0.3, 0.4) is 0 Å². The molecular formula is C12H18O. The summed E-state index contributed by atoms with van der Waals surface area (Å²) >= 11 is 0. The van der Waals surface area contributed by atoms with Crippen molar-refractivity contribution in [1.82, 2.24) is 0 Å². The first-order chi connectivity index (χ1) is 6.40. The second kappa shape index (κ2) is 2.84. The van der Waals surface area contributed by atoms with Crippen LogP contribution in [0.1, 0.15) is 32.6 Å². The van der Waals surface area contributed by atoms with E-state index in [9.17, 15) is 0 Å². The summed E-state index contributed by atoms with van der Waals surface area (Å²) in [5.41, 5.74) is 1.73. The van der Waals surface area contributed by atoms with Gasteiger partial charge in [0.05, 0.1) is 6.10 Å². The average Bonchev–Trinajstić information content (AvgIpc) is 2.75. The fraction of sp³-hybridized carbons (Fsp3) is 0.833. The molecule has 4 atom stereocenters. The summed E-state index contributed by atoms with van der Waals surface area (Å²) in [6.07, 6.45) is 8.47. The lowest BCUT2D eigenvalue weighted by Gasteiger charge is -2.36. The fourth-order valence-electron chi connectivity index (χ4n) is 3.79. The average molecular weight is 178 g/mol. The minimum absolute atomic E-state index is 0.641. The molecule has 0 aromatic rings. The molecule has 3 aliphatic rings. The van der Waals surface area contributed by atoms with Crippen molar-refractivity contribution in [3.8, 4) is 0 Å². The van der Waals surface area contributed by atoms with Gasteiger partial charge < -0.3 is 4.74 Å². The molecule has 1 heterocycles. The standard InChI is InChI=1S/C12H18O/c1-2-8-6-9-7-11(8)10-4-3-5-13-12(9)10/h2,9-12H,3-7H2,1H3/b8-2+/t9?,10-,11?,12+/m1/s1. The minimum atomic E-state index is 0.641. The van der Waals surface area contributed by atoms with E-state index in [4.69, 9.17) is 4.74 Å². The highest BCUT2D eigenvalue weighted by molar-refractivity contribution is 5.21. The van der Waals surface area contributed by atoms with E-state index in [2.05, 4.69) is 13.0 Å². The molecule has 2 aliphatic carbocycles. The van der Waals surface area contributed by atoms with Gasteiger partial charge in [-0.2, -0.15) is 0 Å². The van der Waals surface area contributed by atoms with Crippen LogP contribution < -0.4 is 0 Å². The van der Waals surface area contributed by atoms with E-state index >= 15 is 0 Å². The monoisotopic (exact) mass is 178 g/mol. The predicted molar refractivity (Wildman–Crippen MR) is 52.4 cm³/mol. The molecule has 3 rings (SSSR count). The van der Waals surface area contributed by atoms with Crippen LogP contribution in [0.2, 0.25) is 0 Å². The third-order valence-corrected chi connectivity index (χ3v) is 4.30. The number of fused-ring (bicyclic) bond motifs is 5. The largest absolute Gasteiger partial charge is 0.378 e. The molecule has 0 aromatic carbocycles. The number of ether oxygens (including phenoxy) is 1. The van der Waals surface area contributed by atoms with Gasteiger partial charge in [0.2, 0.25) is 0 Å². The Hall–Kier alpha value is -0.300. The Labute approximate surface area is 80.2 Å². The first kappa shape index (κ1) is 8.05. The van der Waals surface area contributed by atoms with Crippen LogP contribution in [0.4, 0.5) is 0 Å². The predicted octanol–water partition coefficient (Wildman–Crippen LogP) is 2.77. The third-order valence-electron chi connectivity index (χ3n) is 4.30. The highest BCUT2D eigenvalue weighted by Crippen LogP contribution is 2.55. The van der Waals surface area contributed by atoms with E-state index in [1.165, 1.54) is 25.7 Å². The number of hydrogen-bond acceptors (Lipinski definition) is 1.